The summed E-state index contributed by atoms with van der Waals surface area (Å²) in [5, 5.41) is 7.79. The minimum absolute atomic E-state index is 0.0280. The lowest BCUT2D eigenvalue weighted by Crippen LogP contribution is -2.38. The third-order valence-corrected chi connectivity index (χ3v) is 4.63. The molecule has 4 heteroatoms. The van der Waals surface area contributed by atoms with Crippen LogP contribution in [0.5, 0.6) is 0 Å². The Bertz CT molecular complexity index is 943. The minimum Gasteiger partial charge on any atom is -0.348 e. The van der Waals surface area contributed by atoms with E-state index in [9.17, 15) is 9.59 Å². The maximum absolute atomic E-state index is 12.3. The van der Waals surface area contributed by atoms with Gasteiger partial charge in [-0.1, -0.05) is 72.3 Å². The van der Waals surface area contributed by atoms with Crippen molar-refractivity contribution in [2.24, 2.45) is 0 Å². The summed E-state index contributed by atoms with van der Waals surface area (Å²) in [6.45, 7) is 3.93. The molecule has 3 rings (SSSR count). The van der Waals surface area contributed by atoms with Crippen LogP contribution in [0, 0.1) is 6.92 Å². The van der Waals surface area contributed by atoms with E-state index in [2.05, 4.69) is 10.6 Å². The molecule has 0 saturated carbocycles. The molecule has 0 fully saturated rings. The van der Waals surface area contributed by atoms with E-state index in [0.29, 0.717) is 0 Å². The van der Waals surface area contributed by atoms with Crippen molar-refractivity contribution in [1.29, 1.82) is 0 Å². The fourth-order valence-electron chi connectivity index (χ4n) is 3.09. The SMILES string of the molecule is Cc1ccc(C(C)NC(=O)CNC(=O)Cc2cccc3ccccc23)cc1. The van der Waals surface area contributed by atoms with Crippen LogP contribution in [0.1, 0.15) is 29.7 Å². The van der Waals surface area contributed by atoms with Crippen molar-refractivity contribution < 1.29 is 9.59 Å². The normalized spacial score (nSPS) is 11.8. The molecule has 0 radical (unpaired) electrons. The second-order valence-corrected chi connectivity index (χ2v) is 6.79. The molecule has 1 atom stereocenters. The number of benzene rings is 3. The number of aryl methyl sites for hydroxylation is 1. The van der Waals surface area contributed by atoms with Crippen molar-refractivity contribution in [2.45, 2.75) is 26.3 Å². The summed E-state index contributed by atoms with van der Waals surface area (Å²) in [6, 6.07) is 21.8. The van der Waals surface area contributed by atoms with Crippen LogP contribution in [0.2, 0.25) is 0 Å². The highest BCUT2D eigenvalue weighted by Crippen LogP contribution is 2.18. The van der Waals surface area contributed by atoms with Gasteiger partial charge in [0.15, 0.2) is 0 Å². The molecule has 2 N–H and O–H groups in total. The first-order valence-electron chi connectivity index (χ1n) is 9.12. The first-order chi connectivity index (χ1) is 13.0. The zero-order chi connectivity index (χ0) is 19.2. The van der Waals surface area contributed by atoms with Crippen LogP contribution >= 0.6 is 0 Å². The quantitative estimate of drug-likeness (QED) is 0.704. The molecular weight excluding hydrogens is 336 g/mol. The van der Waals surface area contributed by atoms with Gasteiger partial charge in [-0.2, -0.15) is 0 Å². The molecule has 0 saturated heterocycles. The van der Waals surface area contributed by atoms with E-state index in [1.807, 2.05) is 80.6 Å². The molecular formula is C23H24N2O2. The van der Waals surface area contributed by atoms with Crippen molar-refractivity contribution in [3.8, 4) is 0 Å². The Labute approximate surface area is 159 Å². The minimum atomic E-state index is -0.200. The number of fused-ring (bicyclic) bond motifs is 1. The van der Waals surface area contributed by atoms with Gasteiger partial charge in [0, 0.05) is 0 Å². The Morgan fingerprint density at radius 1 is 0.889 bits per heavy atom. The number of amides is 2. The summed E-state index contributed by atoms with van der Waals surface area (Å²) in [6.07, 6.45) is 0.252. The Morgan fingerprint density at radius 2 is 1.59 bits per heavy atom. The number of rotatable bonds is 6. The monoisotopic (exact) mass is 360 g/mol. The van der Waals surface area contributed by atoms with Gasteiger partial charge in [0.25, 0.3) is 0 Å². The third kappa shape index (κ3) is 4.94. The highest BCUT2D eigenvalue weighted by molar-refractivity contribution is 5.91. The van der Waals surface area contributed by atoms with Crippen LogP contribution < -0.4 is 10.6 Å². The molecule has 0 aromatic heterocycles. The van der Waals surface area contributed by atoms with Gasteiger partial charge in [-0.15, -0.1) is 0 Å². The van der Waals surface area contributed by atoms with Crippen molar-refractivity contribution in [1.82, 2.24) is 10.6 Å². The van der Waals surface area contributed by atoms with Gasteiger partial charge in [0.2, 0.25) is 11.8 Å². The van der Waals surface area contributed by atoms with E-state index >= 15 is 0 Å². The fourth-order valence-corrected chi connectivity index (χ4v) is 3.09. The highest BCUT2D eigenvalue weighted by Gasteiger charge is 2.12. The predicted octanol–water partition coefficient (Wildman–Crippen LogP) is 3.68. The van der Waals surface area contributed by atoms with E-state index in [1.54, 1.807) is 0 Å². The fraction of sp³-hybridized carbons (Fsp3) is 0.217. The van der Waals surface area contributed by atoms with Gasteiger partial charge in [-0.3, -0.25) is 9.59 Å². The maximum atomic E-state index is 12.3. The lowest BCUT2D eigenvalue weighted by atomic mass is 10.0. The zero-order valence-electron chi connectivity index (χ0n) is 15.7. The summed E-state index contributed by atoms with van der Waals surface area (Å²) in [7, 11) is 0. The Balaban J connectivity index is 1.52. The van der Waals surface area contributed by atoms with Gasteiger partial charge in [0.1, 0.15) is 0 Å². The predicted molar refractivity (Wildman–Crippen MR) is 108 cm³/mol. The van der Waals surface area contributed by atoms with Crippen LogP contribution in [-0.4, -0.2) is 18.4 Å². The summed E-state index contributed by atoms with van der Waals surface area (Å²) in [4.78, 5) is 24.4. The topological polar surface area (TPSA) is 58.2 Å². The largest absolute Gasteiger partial charge is 0.348 e. The molecule has 138 valence electrons. The second kappa shape index (κ2) is 8.49. The van der Waals surface area contributed by atoms with Crippen molar-refractivity contribution in [3.05, 3.63) is 83.4 Å². The van der Waals surface area contributed by atoms with Crippen molar-refractivity contribution in [3.63, 3.8) is 0 Å². The van der Waals surface area contributed by atoms with Gasteiger partial charge in [-0.05, 0) is 35.7 Å². The average molecular weight is 360 g/mol. The molecule has 2 amide bonds. The Hall–Kier alpha value is -3.14. The Morgan fingerprint density at radius 3 is 2.37 bits per heavy atom. The van der Waals surface area contributed by atoms with Gasteiger partial charge in [0.05, 0.1) is 19.0 Å². The molecule has 3 aromatic carbocycles. The Kier molecular flexibility index (Phi) is 5.87. The number of hydrogen-bond acceptors (Lipinski definition) is 2. The third-order valence-electron chi connectivity index (χ3n) is 4.63. The molecule has 0 aliphatic rings. The number of carbonyl (C=O) groups excluding carboxylic acids is 2. The summed E-state index contributed by atoms with van der Waals surface area (Å²) in [5.74, 6) is -0.362. The summed E-state index contributed by atoms with van der Waals surface area (Å²) < 4.78 is 0. The molecule has 0 aliphatic carbocycles. The summed E-state index contributed by atoms with van der Waals surface area (Å²) >= 11 is 0. The van der Waals surface area contributed by atoms with Gasteiger partial charge >= 0.3 is 0 Å². The molecule has 0 bridgehead atoms. The maximum Gasteiger partial charge on any atom is 0.239 e. The van der Waals surface area contributed by atoms with Gasteiger partial charge < -0.3 is 10.6 Å². The van der Waals surface area contributed by atoms with E-state index in [4.69, 9.17) is 0 Å². The van der Waals surface area contributed by atoms with Crippen molar-refractivity contribution in [2.75, 3.05) is 6.54 Å². The second-order valence-electron chi connectivity index (χ2n) is 6.79. The zero-order valence-corrected chi connectivity index (χ0v) is 15.7. The highest BCUT2D eigenvalue weighted by atomic mass is 16.2. The van der Waals surface area contributed by atoms with Crippen LogP contribution in [0.25, 0.3) is 10.8 Å². The van der Waals surface area contributed by atoms with Gasteiger partial charge in [-0.25, -0.2) is 0 Å². The first kappa shape index (κ1) is 18.6. The van der Waals surface area contributed by atoms with E-state index in [0.717, 1.165) is 21.9 Å². The lowest BCUT2D eigenvalue weighted by molar-refractivity contribution is -0.126. The molecule has 1 unspecified atom stereocenters. The van der Waals surface area contributed by atoms with Crippen molar-refractivity contribution >= 4 is 22.6 Å². The van der Waals surface area contributed by atoms with Crippen LogP contribution in [0.4, 0.5) is 0 Å². The van der Waals surface area contributed by atoms with Crippen LogP contribution in [0.3, 0.4) is 0 Å². The summed E-state index contributed by atoms with van der Waals surface area (Å²) in [5.41, 5.74) is 3.17. The molecule has 0 spiro atoms. The molecule has 0 heterocycles. The standard InChI is InChI=1S/C23H24N2O2/c1-16-10-12-18(13-11-16)17(2)25-23(27)15-24-22(26)14-20-8-5-7-19-6-3-4-9-21(19)20/h3-13,17H,14-15H2,1-2H3,(H,24,26)(H,25,27). The number of hydrogen-bond donors (Lipinski definition) is 2. The lowest BCUT2D eigenvalue weighted by Gasteiger charge is -2.15. The van der Waals surface area contributed by atoms with E-state index < -0.39 is 0 Å². The van der Waals surface area contributed by atoms with E-state index in [-0.39, 0.29) is 30.8 Å². The first-order valence-corrected chi connectivity index (χ1v) is 9.12. The molecule has 4 nitrogen and oxygen atoms in total. The molecule has 3 aromatic rings. The molecule has 0 aliphatic heterocycles. The van der Waals surface area contributed by atoms with Crippen LogP contribution in [0.15, 0.2) is 66.7 Å². The van der Waals surface area contributed by atoms with Crippen LogP contribution in [-0.2, 0) is 16.0 Å². The smallest absolute Gasteiger partial charge is 0.239 e. The van der Waals surface area contributed by atoms with E-state index in [1.165, 1.54) is 5.56 Å². The number of carbonyl (C=O) groups is 2. The molecule has 27 heavy (non-hydrogen) atoms. The average Bonchev–Trinajstić information content (AvgIpc) is 2.67. The number of nitrogens with one attached hydrogen (secondary N) is 2.